The van der Waals surface area contributed by atoms with Crippen molar-refractivity contribution < 1.29 is 13.2 Å². The minimum absolute atomic E-state index is 0.283. The van der Waals surface area contributed by atoms with Gasteiger partial charge in [-0.1, -0.05) is 11.6 Å². The summed E-state index contributed by atoms with van der Waals surface area (Å²) in [6.07, 6.45) is 1.69. The molecule has 0 spiro atoms. The van der Waals surface area contributed by atoms with Crippen molar-refractivity contribution in [3.05, 3.63) is 29.3 Å². The van der Waals surface area contributed by atoms with Crippen LogP contribution in [0.25, 0.3) is 0 Å². The standard InChI is InChI=1S/C13H17ClN2O3S/c1-20(18,19)13(6-8-15-9-7-13)12(17)16-11-4-2-10(14)3-5-11/h2-5,15H,6-9H2,1H3,(H,16,17). The van der Waals surface area contributed by atoms with Crippen LogP contribution in [0.15, 0.2) is 24.3 Å². The number of benzene rings is 1. The molecule has 0 unspecified atom stereocenters. The predicted molar refractivity (Wildman–Crippen MR) is 79.8 cm³/mol. The van der Waals surface area contributed by atoms with E-state index in [0.717, 1.165) is 6.26 Å². The number of nitrogens with one attached hydrogen (secondary N) is 2. The van der Waals surface area contributed by atoms with E-state index >= 15 is 0 Å². The summed E-state index contributed by atoms with van der Waals surface area (Å²) in [7, 11) is -3.49. The molecule has 0 radical (unpaired) electrons. The molecule has 1 saturated heterocycles. The molecule has 7 heteroatoms. The zero-order chi connectivity index (χ0) is 14.8. The van der Waals surface area contributed by atoms with Gasteiger partial charge < -0.3 is 10.6 Å². The van der Waals surface area contributed by atoms with Crippen LogP contribution in [0.2, 0.25) is 5.02 Å². The zero-order valence-corrected chi connectivity index (χ0v) is 12.7. The molecule has 1 aromatic rings. The molecule has 0 atom stereocenters. The lowest BCUT2D eigenvalue weighted by Crippen LogP contribution is -2.55. The summed E-state index contributed by atoms with van der Waals surface area (Å²) in [5, 5.41) is 6.32. The lowest BCUT2D eigenvalue weighted by atomic mass is 9.95. The maximum absolute atomic E-state index is 12.5. The summed E-state index contributed by atoms with van der Waals surface area (Å²) in [5.41, 5.74) is 0.543. The lowest BCUT2D eigenvalue weighted by Gasteiger charge is -2.34. The maximum Gasteiger partial charge on any atom is 0.245 e. The highest BCUT2D eigenvalue weighted by Crippen LogP contribution is 2.29. The highest BCUT2D eigenvalue weighted by molar-refractivity contribution is 7.92. The SMILES string of the molecule is CS(=O)(=O)C1(C(=O)Nc2ccc(Cl)cc2)CCNCC1. The third kappa shape index (κ3) is 2.97. The number of piperidine rings is 1. The van der Waals surface area contributed by atoms with Gasteiger partial charge in [0.1, 0.15) is 0 Å². The Kier molecular flexibility index (Phi) is 4.36. The Bertz CT molecular complexity index is 593. The van der Waals surface area contributed by atoms with E-state index in [0.29, 0.717) is 23.8 Å². The first-order valence-corrected chi connectivity index (χ1v) is 8.59. The van der Waals surface area contributed by atoms with Crippen LogP contribution in [0.5, 0.6) is 0 Å². The fraction of sp³-hybridized carbons (Fsp3) is 0.462. The summed E-state index contributed by atoms with van der Waals surface area (Å²) in [5.74, 6) is -0.469. The van der Waals surface area contributed by atoms with Gasteiger partial charge in [0, 0.05) is 17.0 Å². The minimum atomic E-state index is -3.49. The molecule has 1 heterocycles. The molecule has 1 aromatic carbocycles. The minimum Gasteiger partial charge on any atom is -0.325 e. The molecule has 20 heavy (non-hydrogen) atoms. The molecule has 1 amide bonds. The molecule has 1 aliphatic rings. The van der Waals surface area contributed by atoms with Crippen molar-refractivity contribution in [1.82, 2.24) is 5.32 Å². The van der Waals surface area contributed by atoms with Crippen LogP contribution >= 0.6 is 11.6 Å². The monoisotopic (exact) mass is 316 g/mol. The number of hydrogen-bond donors (Lipinski definition) is 2. The van der Waals surface area contributed by atoms with Gasteiger partial charge in [0.2, 0.25) is 5.91 Å². The van der Waals surface area contributed by atoms with Crippen LogP contribution in [-0.2, 0) is 14.6 Å². The number of hydrogen-bond acceptors (Lipinski definition) is 4. The van der Waals surface area contributed by atoms with Gasteiger partial charge in [-0.15, -0.1) is 0 Å². The molecule has 0 aliphatic carbocycles. The number of carbonyl (C=O) groups excluding carboxylic acids is 1. The van der Waals surface area contributed by atoms with Gasteiger partial charge in [0.05, 0.1) is 0 Å². The van der Waals surface area contributed by atoms with Gasteiger partial charge >= 0.3 is 0 Å². The Balaban J connectivity index is 2.26. The second-order valence-corrected chi connectivity index (χ2v) is 7.74. The predicted octanol–water partition coefficient (Wildman–Crippen LogP) is 1.45. The Hall–Kier alpha value is -1.11. The smallest absolute Gasteiger partial charge is 0.245 e. The van der Waals surface area contributed by atoms with Gasteiger partial charge in [-0.3, -0.25) is 4.79 Å². The van der Waals surface area contributed by atoms with Gasteiger partial charge in [-0.2, -0.15) is 0 Å². The summed E-state index contributed by atoms with van der Waals surface area (Å²) in [6.45, 7) is 1.03. The Morgan fingerprint density at radius 2 is 1.80 bits per heavy atom. The second-order valence-electron chi connectivity index (χ2n) is 4.98. The molecule has 1 fully saturated rings. The van der Waals surface area contributed by atoms with E-state index in [1.807, 2.05) is 0 Å². The molecular weight excluding hydrogens is 300 g/mol. The quantitative estimate of drug-likeness (QED) is 0.885. The van der Waals surface area contributed by atoms with Gasteiger partial charge in [-0.25, -0.2) is 8.42 Å². The maximum atomic E-state index is 12.5. The normalized spacial score (nSPS) is 18.5. The first-order valence-electron chi connectivity index (χ1n) is 6.32. The Labute approximate surface area is 123 Å². The van der Waals surface area contributed by atoms with Gasteiger partial charge in [-0.05, 0) is 50.2 Å². The average Bonchev–Trinajstić information content (AvgIpc) is 2.41. The largest absolute Gasteiger partial charge is 0.325 e. The fourth-order valence-electron chi connectivity index (χ4n) is 2.38. The first kappa shape index (κ1) is 15.3. The molecule has 1 aliphatic heterocycles. The number of sulfone groups is 1. The number of anilines is 1. The third-order valence-corrected chi connectivity index (χ3v) is 5.90. The van der Waals surface area contributed by atoms with Crippen molar-refractivity contribution in [3.63, 3.8) is 0 Å². The highest BCUT2D eigenvalue weighted by atomic mass is 35.5. The van der Waals surface area contributed by atoms with Crippen molar-refractivity contribution in [2.24, 2.45) is 0 Å². The summed E-state index contributed by atoms with van der Waals surface area (Å²) in [6, 6.07) is 6.59. The van der Waals surface area contributed by atoms with Crippen LogP contribution < -0.4 is 10.6 Å². The Morgan fingerprint density at radius 1 is 1.25 bits per heavy atom. The van der Waals surface area contributed by atoms with E-state index < -0.39 is 20.5 Å². The number of halogens is 1. The van der Waals surface area contributed by atoms with Crippen molar-refractivity contribution in [3.8, 4) is 0 Å². The van der Waals surface area contributed by atoms with E-state index in [4.69, 9.17) is 11.6 Å². The van der Waals surface area contributed by atoms with Crippen molar-refractivity contribution >= 4 is 33.0 Å². The van der Waals surface area contributed by atoms with Crippen LogP contribution in [0.1, 0.15) is 12.8 Å². The second kappa shape index (κ2) is 5.71. The topological polar surface area (TPSA) is 75.3 Å². The van der Waals surface area contributed by atoms with Gasteiger partial charge in [0.25, 0.3) is 0 Å². The van der Waals surface area contributed by atoms with E-state index in [2.05, 4.69) is 10.6 Å². The average molecular weight is 317 g/mol. The number of rotatable bonds is 3. The van der Waals surface area contributed by atoms with Crippen LogP contribution in [-0.4, -0.2) is 38.4 Å². The van der Waals surface area contributed by atoms with Crippen LogP contribution in [0, 0.1) is 0 Å². The lowest BCUT2D eigenvalue weighted by molar-refractivity contribution is -0.119. The highest BCUT2D eigenvalue weighted by Gasteiger charge is 2.48. The summed E-state index contributed by atoms with van der Waals surface area (Å²) < 4.78 is 22.8. The van der Waals surface area contributed by atoms with Crippen LogP contribution in [0.4, 0.5) is 5.69 Å². The molecule has 2 rings (SSSR count). The van der Waals surface area contributed by atoms with E-state index in [1.165, 1.54) is 0 Å². The van der Waals surface area contributed by atoms with Crippen molar-refractivity contribution in [2.45, 2.75) is 17.6 Å². The molecule has 0 aromatic heterocycles. The first-order chi connectivity index (χ1) is 9.35. The molecule has 5 nitrogen and oxygen atoms in total. The molecule has 110 valence electrons. The summed E-state index contributed by atoms with van der Waals surface area (Å²) in [4.78, 5) is 12.5. The van der Waals surface area contributed by atoms with Gasteiger partial charge in [0.15, 0.2) is 14.6 Å². The summed E-state index contributed by atoms with van der Waals surface area (Å²) >= 11 is 5.78. The Morgan fingerprint density at radius 3 is 2.30 bits per heavy atom. The number of amides is 1. The zero-order valence-electron chi connectivity index (χ0n) is 11.1. The fourth-order valence-corrected chi connectivity index (χ4v) is 3.83. The van der Waals surface area contributed by atoms with E-state index in [1.54, 1.807) is 24.3 Å². The van der Waals surface area contributed by atoms with Crippen molar-refractivity contribution in [2.75, 3.05) is 24.7 Å². The molecule has 0 bridgehead atoms. The van der Waals surface area contributed by atoms with Crippen LogP contribution in [0.3, 0.4) is 0 Å². The van der Waals surface area contributed by atoms with Crippen molar-refractivity contribution in [1.29, 1.82) is 0 Å². The molecule has 2 N–H and O–H groups in total. The third-order valence-electron chi connectivity index (χ3n) is 3.64. The van der Waals surface area contributed by atoms with E-state index in [9.17, 15) is 13.2 Å². The molecule has 0 saturated carbocycles. The van der Waals surface area contributed by atoms with E-state index in [-0.39, 0.29) is 12.8 Å². The number of carbonyl (C=O) groups is 1. The molecular formula is C13H17ClN2O3S.